The first-order valence-corrected chi connectivity index (χ1v) is 15.2. The Labute approximate surface area is 254 Å². The van der Waals surface area contributed by atoms with Gasteiger partial charge in [-0.1, -0.05) is 121 Å². The van der Waals surface area contributed by atoms with Crippen LogP contribution in [0.5, 0.6) is 5.75 Å². The number of hydrogen-bond acceptors (Lipinski definition) is 3. The van der Waals surface area contributed by atoms with Crippen molar-refractivity contribution in [3.8, 4) is 28.0 Å². The van der Waals surface area contributed by atoms with Gasteiger partial charge >= 0.3 is 0 Å². The van der Waals surface area contributed by atoms with Crippen molar-refractivity contribution >= 4 is 59.3 Å². The molecule has 0 aliphatic heterocycles. The zero-order chi connectivity index (χ0) is 28.8. The fraction of sp³-hybridized carbons (Fsp3) is 0. The number of rotatable bonds is 5. The fourth-order valence-electron chi connectivity index (χ4n) is 6.12. The number of fused-ring (bicyclic) bond motifs is 5. The van der Waals surface area contributed by atoms with E-state index in [1.807, 2.05) is 65.9 Å². The lowest BCUT2D eigenvalue weighted by molar-refractivity contribution is 0.478. The third kappa shape index (κ3) is 4.42. The summed E-state index contributed by atoms with van der Waals surface area (Å²) in [7, 11) is 0. The molecule has 204 valence electrons. The van der Waals surface area contributed by atoms with E-state index in [0.717, 1.165) is 39.3 Å². The van der Waals surface area contributed by atoms with Crippen LogP contribution in [0.2, 0.25) is 0 Å². The van der Waals surface area contributed by atoms with Gasteiger partial charge in [-0.15, -0.1) is 11.3 Å². The van der Waals surface area contributed by atoms with E-state index >= 15 is 0 Å². The predicted molar refractivity (Wildman–Crippen MR) is 184 cm³/mol. The molecule has 0 bridgehead atoms. The minimum absolute atomic E-state index is 0.251. The van der Waals surface area contributed by atoms with Gasteiger partial charge in [-0.05, 0) is 63.9 Å². The largest absolute Gasteiger partial charge is 0.505 e. The molecule has 7 aromatic carbocycles. The van der Waals surface area contributed by atoms with Crippen molar-refractivity contribution in [1.82, 2.24) is 0 Å². The van der Waals surface area contributed by atoms with Crippen molar-refractivity contribution in [2.45, 2.75) is 0 Å². The van der Waals surface area contributed by atoms with Gasteiger partial charge in [0, 0.05) is 37.1 Å². The maximum absolute atomic E-state index is 11.8. The topological polar surface area (TPSA) is 23.5 Å². The molecule has 8 aromatic rings. The zero-order valence-electron chi connectivity index (χ0n) is 23.3. The zero-order valence-corrected chi connectivity index (χ0v) is 24.1. The van der Waals surface area contributed by atoms with Crippen molar-refractivity contribution in [1.29, 1.82) is 0 Å². The molecule has 1 heterocycles. The molecule has 0 aliphatic carbocycles. The van der Waals surface area contributed by atoms with Gasteiger partial charge in [0.2, 0.25) is 0 Å². The van der Waals surface area contributed by atoms with Gasteiger partial charge in [-0.2, -0.15) is 0 Å². The normalized spacial score (nSPS) is 11.3. The van der Waals surface area contributed by atoms with E-state index in [4.69, 9.17) is 0 Å². The lowest BCUT2D eigenvalue weighted by atomic mass is 10.0. The number of nitrogens with zero attached hydrogens (tertiary/aromatic N) is 1. The molecule has 1 N–H and O–H groups in total. The van der Waals surface area contributed by atoms with Gasteiger partial charge in [0.05, 0.1) is 5.69 Å². The highest BCUT2D eigenvalue weighted by molar-refractivity contribution is 7.26. The van der Waals surface area contributed by atoms with Gasteiger partial charge in [0.1, 0.15) is 5.75 Å². The molecule has 3 heteroatoms. The van der Waals surface area contributed by atoms with E-state index in [2.05, 4.69) is 108 Å². The summed E-state index contributed by atoms with van der Waals surface area (Å²) in [6, 6.07) is 54.8. The summed E-state index contributed by atoms with van der Waals surface area (Å²) in [5.74, 6) is 0.251. The molecule has 0 spiro atoms. The van der Waals surface area contributed by atoms with E-state index in [0.29, 0.717) is 0 Å². The van der Waals surface area contributed by atoms with Crippen LogP contribution in [0.1, 0.15) is 0 Å². The number of benzene rings is 7. The third-order valence-corrected chi connectivity index (χ3v) is 9.27. The molecule has 0 aliphatic rings. The minimum Gasteiger partial charge on any atom is -0.505 e. The quantitative estimate of drug-likeness (QED) is 0.223. The maximum atomic E-state index is 11.8. The van der Waals surface area contributed by atoms with Crippen LogP contribution in [0, 0.1) is 0 Å². The Bertz CT molecular complexity index is 2250. The number of aromatic hydroxyl groups is 1. The Kier molecular flexibility index (Phi) is 6.17. The Morgan fingerprint density at radius 1 is 0.465 bits per heavy atom. The first-order valence-electron chi connectivity index (χ1n) is 14.4. The lowest BCUT2D eigenvalue weighted by Gasteiger charge is -2.27. The van der Waals surface area contributed by atoms with E-state index in [1.165, 1.54) is 30.9 Å². The lowest BCUT2D eigenvalue weighted by Crippen LogP contribution is -2.10. The van der Waals surface area contributed by atoms with E-state index in [-0.39, 0.29) is 5.75 Å². The second-order valence-corrected chi connectivity index (χ2v) is 11.8. The molecule has 1 aromatic heterocycles. The number of para-hydroxylation sites is 1. The molecule has 0 fully saturated rings. The van der Waals surface area contributed by atoms with Gasteiger partial charge in [0.15, 0.2) is 0 Å². The summed E-state index contributed by atoms with van der Waals surface area (Å²) in [5.41, 5.74) is 6.76. The van der Waals surface area contributed by atoms with Crippen molar-refractivity contribution < 1.29 is 5.11 Å². The summed E-state index contributed by atoms with van der Waals surface area (Å²) in [4.78, 5) is 2.18. The van der Waals surface area contributed by atoms with Crippen LogP contribution in [0.4, 0.5) is 17.1 Å². The third-order valence-electron chi connectivity index (χ3n) is 8.16. The van der Waals surface area contributed by atoms with E-state index in [9.17, 15) is 5.11 Å². The second kappa shape index (κ2) is 10.5. The van der Waals surface area contributed by atoms with Crippen LogP contribution >= 0.6 is 11.3 Å². The molecular formula is C40H27NOS. The van der Waals surface area contributed by atoms with Crippen LogP contribution < -0.4 is 4.90 Å². The molecule has 0 amide bonds. The second-order valence-electron chi connectivity index (χ2n) is 10.7. The summed E-state index contributed by atoms with van der Waals surface area (Å²) in [5, 5.41) is 16.9. The standard InChI is InChI=1S/C40H27NOS/c42-40-34(28-13-5-2-6-14-28)19-10-20-36(40)41(31-17-9-16-30(25-31)27-11-3-1-4-12-27)32-22-23-35-38(26-32)43-37-24-21-29-15-7-8-18-33(29)39(35)37/h1-26,42H. The number of hydrogen-bond donors (Lipinski definition) is 1. The number of anilines is 3. The molecule has 0 atom stereocenters. The van der Waals surface area contributed by atoms with Crippen LogP contribution in [-0.4, -0.2) is 5.11 Å². The molecule has 0 radical (unpaired) electrons. The van der Waals surface area contributed by atoms with Crippen LogP contribution in [0.3, 0.4) is 0 Å². The summed E-state index contributed by atoms with van der Waals surface area (Å²) in [6.45, 7) is 0. The van der Waals surface area contributed by atoms with E-state index < -0.39 is 0 Å². The van der Waals surface area contributed by atoms with Gasteiger partial charge < -0.3 is 10.0 Å². The Morgan fingerprint density at radius 3 is 2.00 bits per heavy atom. The first kappa shape index (κ1) is 25.3. The Balaban J connectivity index is 1.35. The van der Waals surface area contributed by atoms with Crippen molar-refractivity contribution in [2.24, 2.45) is 0 Å². The molecular weight excluding hydrogens is 543 g/mol. The van der Waals surface area contributed by atoms with E-state index in [1.54, 1.807) is 0 Å². The van der Waals surface area contributed by atoms with Crippen molar-refractivity contribution in [2.75, 3.05) is 4.90 Å². The minimum atomic E-state index is 0.251. The Hall–Kier alpha value is -5.38. The predicted octanol–water partition coefficient (Wildman–Crippen LogP) is 11.7. The highest BCUT2D eigenvalue weighted by Crippen LogP contribution is 2.47. The van der Waals surface area contributed by atoms with Crippen molar-refractivity contribution in [3.63, 3.8) is 0 Å². The summed E-state index contributed by atoms with van der Waals surface area (Å²) >= 11 is 1.81. The van der Waals surface area contributed by atoms with Gasteiger partial charge in [-0.3, -0.25) is 0 Å². The molecule has 43 heavy (non-hydrogen) atoms. The highest BCUT2D eigenvalue weighted by atomic mass is 32.1. The average Bonchev–Trinajstić information content (AvgIpc) is 3.45. The molecule has 2 nitrogen and oxygen atoms in total. The number of thiophene rings is 1. The molecule has 0 unspecified atom stereocenters. The highest BCUT2D eigenvalue weighted by Gasteiger charge is 2.20. The van der Waals surface area contributed by atoms with Gasteiger partial charge in [-0.25, -0.2) is 0 Å². The first-order chi connectivity index (χ1) is 21.2. The smallest absolute Gasteiger partial charge is 0.147 e. The molecule has 8 rings (SSSR count). The summed E-state index contributed by atoms with van der Waals surface area (Å²) in [6.07, 6.45) is 0. The van der Waals surface area contributed by atoms with Gasteiger partial charge in [0.25, 0.3) is 0 Å². The SMILES string of the molecule is Oc1c(-c2ccccc2)cccc1N(c1cccc(-c2ccccc2)c1)c1ccc2c(c1)sc1ccc3ccccc3c12. The maximum Gasteiger partial charge on any atom is 0.147 e. The Morgan fingerprint density at radius 2 is 1.16 bits per heavy atom. The monoisotopic (exact) mass is 569 g/mol. The van der Waals surface area contributed by atoms with Crippen LogP contribution in [-0.2, 0) is 0 Å². The molecule has 0 saturated carbocycles. The van der Waals surface area contributed by atoms with Crippen LogP contribution in [0.15, 0.2) is 158 Å². The molecule has 0 saturated heterocycles. The average molecular weight is 570 g/mol. The van der Waals surface area contributed by atoms with Crippen molar-refractivity contribution in [3.05, 3.63) is 158 Å². The fourth-order valence-corrected chi connectivity index (χ4v) is 7.27. The number of phenols is 1. The summed E-state index contributed by atoms with van der Waals surface area (Å²) < 4.78 is 2.49. The van der Waals surface area contributed by atoms with Crippen LogP contribution in [0.25, 0.3) is 53.2 Å². The number of phenolic OH excluding ortho intramolecular Hbond substituents is 1.